The summed E-state index contributed by atoms with van der Waals surface area (Å²) in [6.07, 6.45) is 6.42. The number of imidazole rings is 1. The Morgan fingerprint density at radius 3 is 2.66 bits per heavy atom. The second kappa shape index (κ2) is 8.21. The van der Waals surface area contributed by atoms with Gasteiger partial charge in [-0.1, -0.05) is 6.92 Å². The fourth-order valence-corrected chi connectivity index (χ4v) is 5.22. The number of pyridine rings is 1. The van der Waals surface area contributed by atoms with E-state index in [-0.39, 0.29) is 10.8 Å². The topological polar surface area (TPSA) is 97.6 Å². The smallest absolute Gasteiger partial charge is 0.274 e. The number of rotatable bonds is 4. The number of sulfonamides is 1. The Hall–Kier alpha value is -2.30. The summed E-state index contributed by atoms with van der Waals surface area (Å²) in [5.41, 5.74) is 0.327. The molecule has 2 aromatic rings. The third kappa shape index (κ3) is 4.19. The summed E-state index contributed by atoms with van der Waals surface area (Å²) in [6.45, 7) is 5.30. The zero-order chi connectivity index (χ0) is 20.4. The molecular weight excluding hydrogens is 394 g/mol. The van der Waals surface area contributed by atoms with E-state index in [2.05, 4.69) is 16.9 Å². The molecule has 0 spiro atoms. The molecule has 2 aromatic heterocycles. The van der Waals surface area contributed by atoms with E-state index in [1.807, 2.05) is 0 Å². The van der Waals surface area contributed by atoms with Crippen LogP contribution in [0, 0.1) is 5.92 Å². The molecule has 4 rings (SSSR count). The maximum absolute atomic E-state index is 12.9. The summed E-state index contributed by atoms with van der Waals surface area (Å²) in [6, 6.07) is 3.19. The van der Waals surface area contributed by atoms with Gasteiger partial charge >= 0.3 is 0 Å². The van der Waals surface area contributed by atoms with Gasteiger partial charge in [-0.05, 0) is 30.9 Å². The van der Waals surface area contributed by atoms with Gasteiger partial charge in [0.1, 0.15) is 22.7 Å². The Balaban J connectivity index is 1.49. The van der Waals surface area contributed by atoms with Gasteiger partial charge in [-0.3, -0.25) is 9.36 Å². The SMILES string of the molecule is C[C@@H]1CCCN(S(=O)(=O)c2ccc(-n3cnc(C(=O)N4CCOCC4)c3)nc2)C1. The number of morpholine rings is 1. The molecule has 29 heavy (non-hydrogen) atoms. The maximum Gasteiger partial charge on any atom is 0.274 e. The number of carbonyl (C=O) groups is 1. The summed E-state index contributed by atoms with van der Waals surface area (Å²) in [5.74, 6) is 0.717. The van der Waals surface area contributed by atoms with Crippen LogP contribution in [0.15, 0.2) is 35.7 Å². The molecule has 2 saturated heterocycles. The van der Waals surface area contributed by atoms with Crippen LogP contribution in [0.4, 0.5) is 0 Å². The Bertz CT molecular complexity index is 967. The highest BCUT2D eigenvalue weighted by Crippen LogP contribution is 2.23. The van der Waals surface area contributed by atoms with Crippen LogP contribution in [0.25, 0.3) is 5.82 Å². The fraction of sp³-hybridized carbons (Fsp3) is 0.526. The van der Waals surface area contributed by atoms with Crippen molar-refractivity contribution in [3.05, 3.63) is 36.5 Å². The minimum atomic E-state index is -3.54. The van der Waals surface area contributed by atoms with E-state index in [4.69, 9.17) is 4.74 Å². The molecule has 156 valence electrons. The lowest BCUT2D eigenvalue weighted by atomic mass is 10.0. The highest BCUT2D eigenvalue weighted by atomic mass is 32.2. The third-order valence-electron chi connectivity index (χ3n) is 5.34. The summed E-state index contributed by atoms with van der Waals surface area (Å²) in [4.78, 5) is 22.9. The van der Waals surface area contributed by atoms with Crippen LogP contribution in [0.5, 0.6) is 0 Å². The number of aromatic nitrogens is 3. The maximum atomic E-state index is 12.9. The van der Waals surface area contributed by atoms with Crippen molar-refractivity contribution in [1.29, 1.82) is 0 Å². The molecule has 0 N–H and O–H groups in total. The second-order valence-electron chi connectivity index (χ2n) is 7.53. The van der Waals surface area contributed by atoms with Crippen molar-refractivity contribution in [2.24, 2.45) is 5.92 Å². The minimum absolute atomic E-state index is 0.148. The largest absolute Gasteiger partial charge is 0.378 e. The van der Waals surface area contributed by atoms with Crippen LogP contribution in [0.2, 0.25) is 0 Å². The molecule has 0 bridgehead atoms. The van der Waals surface area contributed by atoms with Gasteiger partial charge in [0.2, 0.25) is 10.0 Å². The number of hydrogen-bond donors (Lipinski definition) is 0. The Morgan fingerprint density at radius 2 is 1.97 bits per heavy atom. The molecule has 0 radical (unpaired) electrons. The van der Waals surface area contributed by atoms with Crippen molar-refractivity contribution in [1.82, 2.24) is 23.7 Å². The zero-order valence-corrected chi connectivity index (χ0v) is 17.2. The molecule has 9 nitrogen and oxygen atoms in total. The average Bonchev–Trinajstić information content (AvgIpc) is 3.24. The lowest BCUT2D eigenvalue weighted by Gasteiger charge is -2.29. The van der Waals surface area contributed by atoms with Gasteiger partial charge in [-0.2, -0.15) is 4.31 Å². The van der Waals surface area contributed by atoms with Crippen molar-refractivity contribution >= 4 is 15.9 Å². The van der Waals surface area contributed by atoms with Crippen molar-refractivity contribution in [3.63, 3.8) is 0 Å². The molecule has 0 aromatic carbocycles. The van der Waals surface area contributed by atoms with E-state index in [0.29, 0.717) is 56.8 Å². The molecule has 2 aliphatic heterocycles. The van der Waals surface area contributed by atoms with Gasteiger partial charge in [-0.25, -0.2) is 18.4 Å². The van der Waals surface area contributed by atoms with Gasteiger partial charge in [0.25, 0.3) is 5.91 Å². The van der Waals surface area contributed by atoms with Gasteiger partial charge in [-0.15, -0.1) is 0 Å². The normalized spacial score (nSPS) is 21.3. The first-order chi connectivity index (χ1) is 13.9. The summed E-state index contributed by atoms with van der Waals surface area (Å²) >= 11 is 0. The van der Waals surface area contributed by atoms with Crippen molar-refractivity contribution < 1.29 is 17.9 Å². The number of amides is 1. The molecule has 4 heterocycles. The van der Waals surface area contributed by atoms with E-state index >= 15 is 0 Å². The van der Waals surface area contributed by atoms with Gasteiger partial charge in [0.15, 0.2) is 0 Å². The number of ether oxygens (including phenoxy) is 1. The molecule has 0 unspecified atom stereocenters. The van der Waals surface area contributed by atoms with Crippen LogP contribution in [-0.4, -0.2) is 77.5 Å². The predicted octanol–water partition coefficient (Wildman–Crippen LogP) is 1.16. The molecule has 2 aliphatic rings. The monoisotopic (exact) mass is 419 g/mol. The van der Waals surface area contributed by atoms with Crippen molar-refractivity contribution in [3.8, 4) is 5.82 Å². The predicted molar refractivity (Wildman–Crippen MR) is 105 cm³/mol. The Kier molecular flexibility index (Phi) is 5.66. The second-order valence-corrected chi connectivity index (χ2v) is 9.47. The van der Waals surface area contributed by atoms with Crippen LogP contribution < -0.4 is 0 Å². The van der Waals surface area contributed by atoms with E-state index in [9.17, 15) is 13.2 Å². The highest BCUT2D eigenvalue weighted by molar-refractivity contribution is 7.89. The molecular formula is C19H25N5O4S. The molecule has 2 fully saturated rings. The van der Waals surface area contributed by atoms with Crippen LogP contribution in [0.3, 0.4) is 0 Å². The zero-order valence-electron chi connectivity index (χ0n) is 16.4. The van der Waals surface area contributed by atoms with Crippen LogP contribution >= 0.6 is 0 Å². The van der Waals surface area contributed by atoms with Gasteiger partial charge in [0, 0.05) is 38.6 Å². The summed E-state index contributed by atoms with van der Waals surface area (Å²) in [7, 11) is -3.54. The van der Waals surface area contributed by atoms with E-state index in [0.717, 1.165) is 12.8 Å². The number of nitrogens with zero attached hydrogens (tertiary/aromatic N) is 5. The standard InChI is InChI=1S/C19H25N5O4S/c1-15-3-2-6-24(12-15)29(26,27)16-4-5-18(20-11-16)23-13-17(21-14-23)19(25)22-7-9-28-10-8-22/h4-5,11,13-15H,2-3,6-10,12H2,1H3/t15-/m1/s1. The molecule has 10 heteroatoms. The first-order valence-corrected chi connectivity index (χ1v) is 11.3. The highest BCUT2D eigenvalue weighted by Gasteiger charge is 2.29. The van der Waals surface area contributed by atoms with E-state index < -0.39 is 10.0 Å². The van der Waals surface area contributed by atoms with Gasteiger partial charge < -0.3 is 9.64 Å². The summed E-state index contributed by atoms with van der Waals surface area (Å²) < 4.78 is 34.1. The Labute approximate surface area is 170 Å². The third-order valence-corrected chi connectivity index (χ3v) is 7.19. The first kappa shape index (κ1) is 20.0. The molecule has 1 amide bonds. The van der Waals surface area contributed by atoms with Gasteiger partial charge in [0.05, 0.1) is 13.2 Å². The number of piperidine rings is 1. The quantitative estimate of drug-likeness (QED) is 0.738. The lowest BCUT2D eigenvalue weighted by molar-refractivity contribution is 0.0299. The number of hydrogen-bond acceptors (Lipinski definition) is 6. The van der Waals surface area contributed by atoms with E-state index in [1.54, 1.807) is 27.8 Å². The lowest BCUT2D eigenvalue weighted by Crippen LogP contribution is -2.40. The molecule has 0 saturated carbocycles. The van der Waals surface area contributed by atoms with Crippen LogP contribution in [-0.2, 0) is 14.8 Å². The summed E-state index contributed by atoms with van der Waals surface area (Å²) in [5, 5.41) is 0. The van der Waals surface area contributed by atoms with Crippen molar-refractivity contribution in [2.45, 2.75) is 24.7 Å². The van der Waals surface area contributed by atoms with Crippen LogP contribution in [0.1, 0.15) is 30.3 Å². The number of carbonyl (C=O) groups excluding carboxylic acids is 1. The van der Waals surface area contributed by atoms with Crippen molar-refractivity contribution in [2.75, 3.05) is 39.4 Å². The molecule has 1 atom stereocenters. The minimum Gasteiger partial charge on any atom is -0.378 e. The van der Waals surface area contributed by atoms with E-state index in [1.165, 1.54) is 16.8 Å². The first-order valence-electron chi connectivity index (χ1n) is 9.83. The molecule has 0 aliphatic carbocycles. The Morgan fingerprint density at radius 1 is 1.17 bits per heavy atom. The average molecular weight is 420 g/mol. The fourth-order valence-electron chi connectivity index (χ4n) is 3.68.